The molecular weight excluding hydrogens is 392 g/mol. The lowest BCUT2D eigenvalue weighted by atomic mass is 9.93. The largest absolute Gasteiger partial charge is 0.484 e. The van der Waals surface area contributed by atoms with E-state index in [0.717, 1.165) is 9.15 Å². The maximum atomic E-state index is 12.2. The molecule has 0 radical (unpaired) electrons. The monoisotopic (exact) mass is 410 g/mol. The first-order valence-electron chi connectivity index (χ1n) is 7.37. The van der Waals surface area contributed by atoms with E-state index in [9.17, 15) is 9.59 Å². The number of nitrogen functional groups attached to an aromatic ring is 1. The molecule has 1 aromatic heterocycles. The summed E-state index contributed by atoms with van der Waals surface area (Å²) in [5.74, 6) is 5.68. The first-order chi connectivity index (χ1) is 11.7. The van der Waals surface area contributed by atoms with Crippen LogP contribution in [0.4, 0.5) is 5.95 Å². The number of amides is 1. The Morgan fingerprint density at radius 1 is 1.28 bits per heavy atom. The Morgan fingerprint density at radius 2 is 1.92 bits per heavy atom. The van der Waals surface area contributed by atoms with Crippen molar-refractivity contribution in [2.75, 3.05) is 17.9 Å². The minimum atomic E-state index is -0.495. The molecule has 0 aliphatic carbocycles. The number of nitrogens with zero attached hydrogens (tertiary/aromatic N) is 3. The summed E-state index contributed by atoms with van der Waals surface area (Å²) in [4.78, 5) is 24.0. The quantitative estimate of drug-likeness (QED) is 0.494. The normalized spacial score (nSPS) is 11.0. The highest BCUT2D eigenvalue weighted by Crippen LogP contribution is 2.16. The second-order valence-corrected chi connectivity index (χ2v) is 7.13. The molecule has 0 saturated carbocycles. The number of nitrogens with one attached hydrogen (secondary N) is 2. The summed E-state index contributed by atoms with van der Waals surface area (Å²) < 4.78 is 7.02. The first-order valence-corrected chi connectivity index (χ1v) is 8.16. The van der Waals surface area contributed by atoms with Crippen LogP contribution in [0.25, 0.3) is 0 Å². The van der Waals surface area contributed by atoms with Gasteiger partial charge in [-0.3, -0.25) is 20.4 Å². The highest BCUT2D eigenvalue weighted by molar-refractivity contribution is 9.10. The molecular formula is C15H19BrN6O3. The zero-order chi connectivity index (χ0) is 18.6. The number of ether oxygens (including phenoxy) is 1. The van der Waals surface area contributed by atoms with E-state index in [1.165, 1.54) is 0 Å². The van der Waals surface area contributed by atoms with Crippen molar-refractivity contribution in [1.82, 2.24) is 20.3 Å². The number of hydrazine groups is 1. The SMILES string of the molecule is CC(C)(C)c1nnc(NNC(=O)COc2ccc(Br)cc2)n(N)c1=O. The number of halogens is 1. The third-order valence-electron chi connectivity index (χ3n) is 3.10. The number of hydrogen-bond donors (Lipinski definition) is 3. The summed E-state index contributed by atoms with van der Waals surface area (Å²) in [6.45, 7) is 5.25. The summed E-state index contributed by atoms with van der Waals surface area (Å²) >= 11 is 3.31. The lowest BCUT2D eigenvalue weighted by Crippen LogP contribution is -2.42. The van der Waals surface area contributed by atoms with Gasteiger partial charge in [0.15, 0.2) is 6.61 Å². The summed E-state index contributed by atoms with van der Waals surface area (Å²) in [6, 6.07) is 7.04. The molecule has 2 aromatic rings. The van der Waals surface area contributed by atoms with Crippen LogP contribution in [0.2, 0.25) is 0 Å². The van der Waals surface area contributed by atoms with Gasteiger partial charge in [0.05, 0.1) is 0 Å². The van der Waals surface area contributed by atoms with E-state index >= 15 is 0 Å². The topological polar surface area (TPSA) is 124 Å². The molecule has 0 unspecified atom stereocenters. The molecule has 0 atom stereocenters. The maximum absolute atomic E-state index is 12.2. The van der Waals surface area contributed by atoms with Crippen molar-refractivity contribution in [3.05, 3.63) is 44.8 Å². The van der Waals surface area contributed by atoms with Crippen LogP contribution in [-0.2, 0) is 10.2 Å². The maximum Gasteiger partial charge on any atom is 0.295 e. The molecule has 0 spiro atoms. The van der Waals surface area contributed by atoms with E-state index in [1.807, 2.05) is 20.8 Å². The lowest BCUT2D eigenvalue weighted by molar-refractivity contribution is -0.122. The third-order valence-corrected chi connectivity index (χ3v) is 3.63. The zero-order valence-electron chi connectivity index (χ0n) is 14.0. The Bertz CT molecular complexity index is 813. The van der Waals surface area contributed by atoms with Crippen molar-refractivity contribution >= 4 is 27.8 Å². The molecule has 0 saturated heterocycles. The molecule has 25 heavy (non-hydrogen) atoms. The number of aromatic nitrogens is 3. The Hall–Kier alpha value is -2.62. The lowest BCUT2D eigenvalue weighted by Gasteiger charge is -2.17. The van der Waals surface area contributed by atoms with Crippen molar-refractivity contribution in [2.24, 2.45) is 0 Å². The average molecular weight is 411 g/mol. The van der Waals surface area contributed by atoms with E-state index < -0.39 is 16.9 Å². The molecule has 1 amide bonds. The Kier molecular flexibility index (Phi) is 5.62. The van der Waals surface area contributed by atoms with Crippen molar-refractivity contribution in [3.8, 4) is 5.75 Å². The fraction of sp³-hybridized carbons (Fsp3) is 0.333. The van der Waals surface area contributed by atoms with Gasteiger partial charge in [0.25, 0.3) is 17.4 Å². The van der Waals surface area contributed by atoms with Gasteiger partial charge in [-0.15, -0.1) is 10.2 Å². The van der Waals surface area contributed by atoms with Crippen LogP contribution in [0.5, 0.6) is 5.75 Å². The summed E-state index contributed by atoms with van der Waals surface area (Å²) in [6.07, 6.45) is 0. The fourth-order valence-corrected chi connectivity index (χ4v) is 2.06. The van der Waals surface area contributed by atoms with Gasteiger partial charge in [-0.2, -0.15) is 4.68 Å². The second kappa shape index (κ2) is 7.51. The number of hydrogen-bond acceptors (Lipinski definition) is 7. The van der Waals surface area contributed by atoms with Crippen LogP contribution >= 0.6 is 15.9 Å². The molecule has 0 aliphatic rings. The fourth-order valence-electron chi connectivity index (χ4n) is 1.80. The highest BCUT2D eigenvalue weighted by atomic mass is 79.9. The molecule has 0 aliphatic heterocycles. The summed E-state index contributed by atoms with van der Waals surface area (Å²) in [5.41, 5.74) is 4.03. The minimum Gasteiger partial charge on any atom is -0.484 e. The second-order valence-electron chi connectivity index (χ2n) is 6.21. The molecule has 1 aromatic carbocycles. The van der Waals surface area contributed by atoms with Gasteiger partial charge in [-0.1, -0.05) is 36.7 Å². The van der Waals surface area contributed by atoms with E-state index in [0.29, 0.717) is 5.75 Å². The molecule has 9 nitrogen and oxygen atoms in total. The third kappa shape index (κ3) is 4.92. The van der Waals surface area contributed by atoms with Gasteiger partial charge in [0.2, 0.25) is 0 Å². The highest BCUT2D eigenvalue weighted by Gasteiger charge is 2.22. The molecule has 1 heterocycles. The smallest absolute Gasteiger partial charge is 0.295 e. The van der Waals surface area contributed by atoms with Gasteiger partial charge in [-0.25, -0.2) is 0 Å². The van der Waals surface area contributed by atoms with Crippen LogP contribution in [-0.4, -0.2) is 27.4 Å². The predicted octanol–water partition coefficient (Wildman–Crippen LogP) is 0.934. The number of carbonyl (C=O) groups is 1. The molecule has 2 rings (SSSR count). The molecule has 134 valence electrons. The van der Waals surface area contributed by atoms with Crippen LogP contribution in [0, 0.1) is 0 Å². The molecule has 10 heteroatoms. The average Bonchev–Trinajstić information content (AvgIpc) is 2.54. The van der Waals surface area contributed by atoms with E-state index in [1.54, 1.807) is 24.3 Å². The van der Waals surface area contributed by atoms with E-state index in [4.69, 9.17) is 10.6 Å². The number of nitrogens with two attached hydrogens (primary N) is 1. The number of rotatable bonds is 5. The Labute approximate surface area is 152 Å². The van der Waals surface area contributed by atoms with Crippen LogP contribution in [0.15, 0.2) is 33.5 Å². The van der Waals surface area contributed by atoms with E-state index in [2.05, 4.69) is 37.0 Å². The first kappa shape index (κ1) is 18.7. The van der Waals surface area contributed by atoms with Crippen LogP contribution < -0.4 is 27.0 Å². The van der Waals surface area contributed by atoms with Gasteiger partial charge in [0, 0.05) is 9.89 Å². The van der Waals surface area contributed by atoms with Gasteiger partial charge in [-0.05, 0) is 24.3 Å². The van der Waals surface area contributed by atoms with Gasteiger partial charge in [0.1, 0.15) is 11.4 Å². The van der Waals surface area contributed by atoms with E-state index in [-0.39, 0.29) is 18.2 Å². The minimum absolute atomic E-state index is 0.0880. The number of benzene rings is 1. The standard InChI is InChI=1S/C15H19BrN6O3/c1-15(2,3)12-13(24)22(17)14(21-19-12)20-18-11(23)8-25-10-6-4-9(16)5-7-10/h4-7H,8,17H2,1-3H3,(H,18,23)(H,20,21). The van der Waals surface area contributed by atoms with Crippen molar-refractivity contribution in [2.45, 2.75) is 26.2 Å². The number of anilines is 1. The molecule has 0 bridgehead atoms. The zero-order valence-corrected chi connectivity index (χ0v) is 15.6. The predicted molar refractivity (Wildman–Crippen MR) is 96.5 cm³/mol. The molecule has 0 fully saturated rings. The van der Waals surface area contributed by atoms with Crippen LogP contribution in [0.1, 0.15) is 26.5 Å². The van der Waals surface area contributed by atoms with Gasteiger partial charge >= 0.3 is 0 Å². The van der Waals surface area contributed by atoms with Crippen molar-refractivity contribution in [1.29, 1.82) is 0 Å². The summed E-state index contributed by atoms with van der Waals surface area (Å²) in [7, 11) is 0. The van der Waals surface area contributed by atoms with Crippen molar-refractivity contribution in [3.63, 3.8) is 0 Å². The Balaban J connectivity index is 1.94. The van der Waals surface area contributed by atoms with Gasteiger partial charge < -0.3 is 10.6 Å². The summed E-state index contributed by atoms with van der Waals surface area (Å²) in [5, 5.41) is 7.70. The molecule has 4 N–H and O–H groups in total. The Morgan fingerprint density at radius 3 is 2.52 bits per heavy atom. The van der Waals surface area contributed by atoms with Crippen molar-refractivity contribution < 1.29 is 9.53 Å². The number of carbonyl (C=O) groups excluding carboxylic acids is 1. The van der Waals surface area contributed by atoms with Crippen LogP contribution in [0.3, 0.4) is 0 Å².